The number of carbonyl (C=O) groups is 1. The Morgan fingerprint density at radius 2 is 2.06 bits per heavy atom. The number of nitrogens with two attached hydrogens (primary N) is 1. The molecule has 1 aliphatic heterocycles. The van der Waals surface area contributed by atoms with E-state index in [0.717, 1.165) is 32.2 Å². The second-order valence-corrected chi connectivity index (χ2v) is 5.35. The van der Waals surface area contributed by atoms with Gasteiger partial charge in [0.15, 0.2) is 0 Å². The lowest BCUT2D eigenvalue weighted by Gasteiger charge is -2.33. The van der Waals surface area contributed by atoms with Crippen molar-refractivity contribution in [3.05, 3.63) is 0 Å². The molecular weight excluding hydrogens is 212 g/mol. The van der Waals surface area contributed by atoms with Gasteiger partial charge >= 0.3 is 0 Å². The third kappa shape index (κ3) is 3.70. The highest BCUT2D eigenvalue weighted by Gasteiger charge is 2.29. The van der Waals surface area contributed by atoms with E-state index in [-0.39, 0.29) is 17.9 Å². The van der Waals surface area contributed by atoms with E-state index in [2.05, 4.69) is 25.7 Å². The molecule has 2 N–H and O–H groups in total. The van der Waals surface area contributed by atoms with Crippen LogP contribution in [0.1, 0.15) is 59.3 Å². The van der Waals surface area contributed by atoms with Crippen LogP contribution in [0, 0.1) is 5.92 Å². The Bertz CT molecular complexity index is 242. The molecule has 3 heteroatoms. The lowest BCUT2D eigenvalue weighted by Crippen LogP contribution is -2.50. The van der Waals surface area contributed by atoms with Crippen molar-refractivity contribution in [3.63, 3.8) is 0 Å². The normalized spacial score (nSPS) is 25.2. The highest BCUT2D eigenvalue weighted by molar-refractivity contribution is 5.82. The predicted octanol–water partition coefficient (Wildman–Crippen LogP) is 2.54. The molecule has 2 unspecified atom stereocenters. The second-order valence-electron chi connectivity index (χ2n) is 5.35. The maximum absolute atomic E-state index is 12.4. The number of carbonyl (C=O) groups excluding carboxylic acids is 1. The van der Waals surface area contributed by atoms with E-state index in [4.69, 9.17) is 5.73 Å². The number of hydrogen-bond acceptors (Lipinski definition) is 2. The molecule has 1 heterocycles. The molecule has 0 aromatic carbocycles. The topological polar surface area (TPSA) is 46.3 Å². The maximum atomic E-state index is 12.4. The molecule has 0 aromatic rings. The molecule has 0 aromatic heterocycles. The fourth-order valence-corrected chi connectivity index (χ4v) is 2.58. The van der Waals surface area contributed by atoms with Crippen LogP contribution in [0.2, 0.25) is 0 Å². The monoisotopic (exact) mass is 240 g/mol. The maximum Gasteiger partial charge on any atom is 0.240 e. The molecule has 0 saturated carbocycles. The third-order valence-corrected chi connectivity index (χ3v) is 4.17. The summed E-state index contributed by atoms with van der Waals surface area (Å²) in [5.74, 6) is 0.455. The SMILES string of the molecule is CCC(C)[C@H](N)C(=O)N1CCCCCC1CC. The molecule has 0 aliphatic carbocycles. The number of rotatable bonds is 4. The van der Waals surface area contributed by atoms with Crippen molar-refractivity contribution < 1.29 is 4.79 Å². The van der Waals surface area contributed by atoms with Crippen LogP contribution in [-0.2, 0) is 4.79 Å². The van der Waals surface area contributed by atoms with Gasteiger partial charge in [-0.05, 0) is 25.2 Å². The summed E-state index contributed by atoms with van der Waals surface area (Å²) in [5.41, 5.74) is 6.08. The predicted molar refractivity (Wildman–Crippen MR) is 71.7 cm³/mol. The molecule has 0 bridgehead atoms. The van der Waals surface area contributed by atoms with Gasteiger partial charge in [0, 0.05) is 12.6 Å². The second kappa shape index (κ2) is 7.00. The number of hydrogen-bond donors (Lipinski definition) is 1. The summed E-state index contributed by atoms with van der Waals surface area (Å²) in [6.07, 6.45) is 6.81. The molecule has 3 atom stereocenters. The van der Waals surface area contributed by atoms with Gasteiger partial charge in [-0.2, -0.15) is 0 Å². The summed E-state index contributed by atoms with van der Waals surface area (Å²) in [4.78, 5) is 14.5. The van der Waals surface area contributed by atoms with Crippen LogP contribution in [0.5, 0.6) is 0 Å². The minimum atomic E-state index is -0.313. The van der Waals surface area contributed by atoms with Crippen molar-refractivity contribution in [2.75, 3.05) is 6.54 Å². The summed E-state index contributed by atoms with van der Waals surface area (Å²) >= 11 is 0. The molecule has 100 valence electrons. The largest absolute Gasteiger partial charge is 0.338 e. The van der Waals surface area contributed by atoms with Gasteiger partial charge in [-0.3, -0.25) is 4.79 Å². The van der Waals surface area contributed by atoms with Gasteiger partial charge in [-0.25, -0.2) is 0 Å². The smallest absolute Gasteiger partial charge is 0.240 e. The van der Waals surface area contributed by atoms with E-state index in [9.17, 15) is 4.79 Å². The van der Waals surface area contributed by atoms with Crippen LogP contribution < -0.4 is 5.73 Å². The van der Waals surface area contributed by atoms with Crippen molar-refractivity contribution >= 4 is 5.91 Å². The van der Waals surface area contributed by atoms with E-state index in [0.29, 0.717) is 6.04 Å². The van der Waals surface area contributed by atoms with Crippen molar-refractivity contribution in [1.29, 1.82) is 0 Å². The first-order valence-corrected chi connectivity index (χ1v) is 7.17. The van der Waals surface area contributed by atoms with Gasteiger partial charge < -0.3 is 10.6 Å². The van der Waals surface area contributed by atoms with Crippen LogP contribution in [-0.4, -0.2) is 29.4 Å². The zero-order chi connectivity index (χ0) is 12.8. The van der Waals surface area contributed by atoms with Crippen molar-refractivity contribution in [3.8, 4) is 0 Å². The van der Waals surface area contributed by atoms with E-state index in [1.165, 1.54) is 12.8 Å². The summed E-state index contributed by atoms with van der Waals surface area (Å²) in [5, 5.41) is 0. The van der Waals surface area contributed by atoms with E-state index in [1.54, 1.807) is 0 Å². The van der Waals surface area contributed by atoms with Crippen LogP contribution in [0.25, 0.3) is 0 Å². The Kier molecular flexibility index (Phi) is 5.96. The van der Waals surface area contributed by atoms with Gasteiger partial charge in [0.25, 0.3) is 0 Å². The first-order chi connectivity index (χ1) is 8.11. The third-order valence-electron chi connectivity index (χ3n) is 4.17. The molecule has 1 aliphatic rings. The van der Waals surface area contributed by atoms with Gasteiger partial charge in [-0.1, -0.05) is 40.0 Å². The van der Waals surface area contributed by atoms with Crippen molar-refractivity contribution in [2.45, 2.75) is 71.4 Å². The average Bonchev–Trinajstić information content (AvgIpc) is 2.60. The van der Waals surface area contributed by atoms with E-state index < -0.39 is 0 Å². The Balaban J connectivity index is 2.69. The molecular formula is C14H28N2O. The molecule has 17 heavy (non-hydrogen) atoms. The van der Waals surface area contributed by atoms with Crippen molar-refractivity contribution in [1.82, 2.24) is 4.90 Å². The highest BCUT2D eigenvalue weighted by atomic mass is 16.2. The Hall–Kier alpha value is -0.570. The van der Waals surface area contributed by atoms with Crippen LogP contribution >= 0.6 is 0 Å². The first kappa shape index (κ1) is 14.5. The average molecular weight is 240 g/mol. The standard InChI is InChI=1S/C14H28N2O/c1-4-11(3)13(15)14(17)16-10-8-6-7-9-12(16)5-2/h11-13H,4-10,15H2,1-3H3/t11?,12?,13-/m0/s1. The lowest BCUT2D eigenvalue weighted by molar-refractivity contribution is -0.136. The summed E-state index contributed by atoms with van der Waals surface area (Å²) in [6.45, 7) is 7.24. The Morgan fingerprint density at radius 1 is 1.35 bits per heavy atom. The minimum Gasteiger partial charge on any atom is -0.338 e. The number of nitrogens with zero attached hydrogens (tertiary/aromatic N) is 1. The Morgan fingerprint density at radius 3 is 2.65 bits per heavy atom. The van der Waals surface area contributed by atoms with E-state index >= 15 is 0 Å². The van der Waals surface area contributed by atoms with Crippen LogP contribution in [0.4, 0.5) is 0 Å². The fourth-order valence-electron chi connectivity index (χ4n) is 2.58. The first-order valence-electron chi connectivity index (χ1n) is 7.17. The van der Waals surface area contributed by atoms with Gasteiger partial charge in [0.2, 0.25) is 5.91 Å². The molecule has 1 fully saturated rings. The van der Waals surface area contributed by atoms with Crippen molar-refractivity contribution in [2.24, 2.45) is 11.7 Å². The van der Waals surface area contributed by atoms with Gasteiger partial charge in [0.05, 0.1) is 6.04 Å². The van der Waals surface area contributed by atoms with Gasteiger partial charge in [-0.15, -0.1) is 0 Å². The molecule has 1 amide bonds. The summed E-state index contributed by atoms with van der Waals surface area (Å²) in [7, 11) is 0. The van der Waals surface area contributed by atoms with Crippen LogP contribution in [0.15, 0.2) is 0 Å². The lowest BCUT2D eigenvalue weighted by atomic mass is 9.97. The molecule has 1 rings (SSSR count). The highest BCUT2D eigenvalue weighted by Crippen LogP contribution is 2.21. The summed E-state index contributed by atoms with van der Waals surface area (Å²) < 4.78 is 0. The van der Waals surface area contributed by atoms with E-state index in [1.807, 2.05) is 0 Å². The fraction of sp³-hybridized carbons (Fsp3) is 0.929. The molecule has 3 nitrogen and oxygen atoms in total. The minimum absolute atomic E-state index is 0.174. The quantitative estimate of drug-likeness (QED) is 0.821. The summed E-state index contributed by atoms with van der Waals surface area (Å²) in [6, 6.07) is 0.104. The molecule has 0 spiro atoms. The Labute approximate surface area is 106 Å². The van der Waals surface area contributed by atoms with Crippen LogP contribution in [0.3, 0.4) is 0 Å². The number of likely N-dealkylation sites (tertiary alicyclic amines) is 1. The number of amides is 1. The zero-order valence-electron chi connectivity index (χ0n) is 11.6. The molecule has 1 saturated heterocycles. The molecule has 0 radical (unpaired) electrons. The zero-order valence-corrected chi connectivity index (χ0v) is 11.6. The van der Waals surface area contributed by atoms with Gasteiger partial charge in [0.1, 0.15) is 0 Å².